The van der Waals surface area contributed by atoms with E-state index < -0.39 is 0 Å². The van der Waals surface area contributed by atoms with Gasteiger partial charge in [0.2, 0.25) is 0 Å². The first-order valence-electron chi connectivity index (χ1n) is 5.14. The van der Waals surface area contributed by atoms with Crippen LogP contribution in [-0.4, -0.2) is 5.78 Å². The Kier molecular flexibility index (Phi) is 6.04. The van der Waals surface area contributed by atoms with Crippen molar-refractivity contribution < 1.29 is 4.79 Å². The van der Waals surface area contributed by atoms with Gasteiger partial charge >= 0.3 is 0 Å². The first-order valence-corrected chi connectivity index (χ1v) is 5.14. The Morgan fingerprint density at radius 1 is 1.25 bits per heavy atom. The number of hydrogen-bond donors (Lipinski definition) is 0. The van der Waals surface area contributed by atoms with E-state index in [4.69, 9.17) is 0 Å². The molecule has 0 aromatic rings. The highest BCUT2D eigenvalue weighted by atomic mass is 16.1. The van der Waals surface area contributed by atoms with Crippen LogP contribution >= 0.6 is 0 Å². The molecular formula is C11H22O. The quantitative estimate of drug-likeness (QED) is 0.597. The highest BCUT2D eigenvalue weighted by Gasteiger charge is 2.13. The fourth-order valence-corrected chi connectivity index (χ4v) is 1.28. The molecule has 0 aliphatic carbocycles. The summed E-state index contributed by atoms with van der Waals surface area (Å²) in [5, 5.41) is 0. The van der Waals surface area contributed by atoms with Gasteiger partial charge in [0.15, 0.2) is 0 Å². The average Bonchev–Trinajstić information content (AvgIpc) is 2.04. The molecule has 0 aromatic heterocycles. The van der Waals surface area contributed by atoms with Gasteiger partial charge in [0, 0.05) is 12.3 Å². The lowest BCUT2D eigenvalue weighted by atomic mass is 9.92. The van der Waals surface area contributed by atoms with Crippen LogP contribution in [0.3, 0.4) is 0 Å². The summed E-state index contributed by atoms with van der Waals surface area (Å²) in [6.07, 6.45) is 4.06. The van der Waals surface area contributed by atoms with Crippen LogP contribution in [0.25, 0.3) is 0 Å². The van der Waals surface area contributed by atoms with Gasteiger partial charge in [-0.3, -0.25) is 4.79 Å². The van der Waals surface area contributed by atoms with E-state index >= 15 is 0 Å². The first-order chi connectivity index (χ1) is 5.61. The molecule has 1 nitrogen and oxygen atoms in total. The van der Waals surface area contributed by atoms with Crippen molar-refractivity contribution in [3.8, 4) is 0 Å². The summed E-state index contributed by atoms with van der Waals surface area (Å²) >= 11 is 0. The zero-order valence-corrected chi connectivity index (χ0v) is 8.89. The van der Waals surface area contributed by atoms with Crippen LogP contribution < -0.4 is 0 Å². The lowest BCUT2D eigenvalue weighted by molar-refractivity contribution is -0.123. The van der Waals surface area contributed by atoms with Crippen molar-refractivity contribution in [3.05, 3.63) is 0 Å². The van der Waals surface area contributed by atoms with E-state index in [0.717, 1.165) is 25.7 Å². The number of carbonyl (C=O) groups excluding carboxylic acids is 1. The monoisotopic (exact) mass is 170 g/mol. The van der Waals surface area contributed by atoms with E-state index in [0.29, 0.717) is 11.7 Å². The maximum Gasteiger partial charge on any atom is 0.135 e. The first kappa shape index (κ1) is 11.7. The molecule has 0 aliphatic heterocycles. The van der Waals surface area contributed by atoms with Crippen molar-refractivity contribution in [1.29, 1.82) is 0 Å². The van der Waals surface area contributed by atoms with Crippen molar-refractivity contribution in [2.75, 3.05) is 0 Å². The largest absolute Gasteiger partial charge is 0.299 e. The molecular weight excluding hydrogens is 148 g/mol. The Morgan fingerprint density at radius 3 is 2.25 bits per heavy atom. The highest BCUT2D eigenvalue weighted by Crippen LogP contribution is 2.14. The molecule has 0 saturated carbocycles. The Bertz CT molecular complexity index is 129. The van der Waals surface area contributed by atoms with Crippen molar-refractivity contribution in [3.63, 3.8) is 0 Å². The van der Waals surface area contributed by atoms with Crippen molar-refractivity contribution >= 4 is 5.78 Å². The minimum Gasteiger partial charge on any atom is -0.299 e. The molecule has 0 fully saturated rings. The molecule has 0 aromatic carbocycles. The summed E-state index contributed by atoms with van der Waals surface area (Å²) in [5.74, 6) is 1.30. The standard InChI is InChI=1S/C11H22O/c1-5-7-10(4)11(12)8-9(3)6-2/h9-10H,5-8H2,1-4H3. The predicted molar refractivity (Wildman–Crippen MR) is 53.2 cm³/mol. The predicted octanol–water partition coefficient (Wildman–Crippen LogP) is 3.43. The summed E-state index contributed by atoms with van der Waals surface area (Å²) in [6.45, 7) is 8.47. The van der Waals surface area contributed by atoms with Crippen LogP contribution in [0, 0.1) is 11.8 Å². The molecule has 0 N–H and O–H groups in total. The highest BCUT2D eigenvalue weighted by molar-refractivity contribution is 5.80. The van der Waals surface area contributed by atoms with Crippen molar-refractivity contribution in [2.45, 2.75) is 53.4 Å². The summed E-state index contributed by atoms with van der Waals surface area (Å²) < 4.78 is 0. The van der Waals surface area contributed by atoms with E-state index in [1.165, 1.54) is 0 Å². The molecule has 0 bridgehead atoms. The number of hydrogen-bond acceptors (Lipinski definition) is 1. The molecule has 1 heteroatoms. The Hall–Kier alpha value is -0.330. The van der Waals surface area contributed by atoms with Crippen LogP contribution in [-0.2, 0) is 4.79 Å². The second kappa shape index (κ2) is 6.22. The molecule has 2 atom stereocenters. The third-order valence-corrected chi connectivity index (χ3v) is 2.52. The SMILES string of the molecule is CCCC(C)C(=O)CC(C)CC. The number of carbonyl (C=O) groups is 1. The van der Waals surface area contributed by atoms with Gasteiger partial charge < -0.3 is 0 Å². The van der Waals surface area contributed by atoms with Gasteiger partial charge in [-0.1, -0.05) is 40.5 Å². The van der Waals surface area contributed by atoms with Gasteiger partial charge in [-0.15, -0.1) is 0 Å². The average molecular weight is 170 g/mol. The van der Waals surface area contributed by atoms with Gasteiger partial charge in [-0.25, -0.2) is 0 Å². The Labute approximate surface area is 76.6 Å². The number of rotatable bonds is 6. The topological polar surface area (TPSA) is 17.1 Å². The van der Waals surface area contributed by atoms with Crippen LogP contribution in [0.2, 0.25) is 0 Å². The lowest BCUT2D eigenvalue weighted by Gasteiger charge is -2.12. The lowest BCUT2D eigenvalue weighted by Crippen LogP contribution is -2.13. The van der Waals surface area contributed by atoms with E-state index in [2.05, 4.69) is 20.8 Å². The van der Waals surface area contributed by atoms with Gasteiger partial charge in [-0.2, -0.15) is 0 Å². The molecule has 0 rings (SSSR count). The third kappa shape index (κ3) is 4.53. The van der Waals surface area contributed by atoms with Crippen molar-refractivity contribution in [1.82, 2.24) is 0 Å². The summed E-state index contributed by atoms with van der Waals surface area (Å²) in [6, 6.07) is 0. The molecule has 0 amide bonds. The molecule has 72 valence electrons. The van der Waals surface area contributed by atoms with E-state index in [1.54, 1.807) is 0 Å². The molecule has 0 spiro atoms. The minimum atomic E-state index is 0.281. The van der Waals surface area contributed by atoms with E-state index in [-0.39, 0.29) is 5.92 Å². The molecule has 0 saturated heterocycles. The van der Waals surface area contributed by atoms with Gasteiger partial charge in [0.1, 0.15) is 5.78 Å². The minimum absolute atomic E-state index is 0.281. The van der Waals surface area contributed by atoms with Crippen LogP contribution in [0.1, 0.15) is 53.4 Å². The molecule has 2 unspecified atom stereocenters. The summed E-state index contributed by atoms with van der Waals surface area (Å²) in [7, 11) is 0. The molecule has 0 radical (unpaired) electrons. The molecule has 0 heterocycles. The van der Waals surface area contributed by atoms with Crippen LogP contribution in [0.15, 0.2) is 0 Å². The normalized spacial score (nSPS) is 15.7. The van der Waals surface area contributed by atoms with E-state index in [1.807, 2.05) is 6.92 Å². The van der Waals surface area contributed by atoms with Gasteiger partial charge in [0.05, 0.1) is 0 Å². The summed E-state index contributed by atoms with van der Waals surface area (Å²) in [5.41, 5.74) is 0. The number of ketones is 1. The second-order valence-electron chi connectivity index (χ2n) is 3.87. The fraction of sp³-hybridized carbons (Fsp3) is 0.909. The third-order valence-electron chi connectivity index (χ3n) is 2.52. The second-order valence-corrected chi connectivity index (χ2v) is 3.87. The van der Waals surface area contributed by atoms with Crippen molar-refractivity contribution in [2.24, 2.45) is 11.8 Å². The Morgan fingerprint density at radius 2 is 1.83 bits per heavy atom. The maximum atomic E-state index is 11.5. The van der Waals surface area contributed by atoms with Gasteiger partial charge in [0.25, 0.3) is 0 Å². The molecule has 0 aliphatic rings. The van der Waals surface area contributed by atoms with E-state index in [9.17, 15) is 4.79 Å². The smallest absolute Gasteiger partial charge is 0.135 e. The van der Waals surface area contributed by atoms with Crippen LogP contribution in [0.5, 0.6) is 0 Å². The summed E-state index contributed by atoms with van der Waals surface area (Å²) in [4.78, 5) is 11.5. The van der Waals surface area contributed by atoms with Crippen LogP contribution in [0.4, 0.5) is 0 Å². The Balaban J connectivity index is 3.70. The van der Waals surface area contributed by atoms with Gasteiger partial charge in [-0.05, 0) is 12.3 Å². The zero-order valence-electron chi connectivity index (χ0n) is 8.89. The molecule has 12 heavy (non-hydrogen) atoms. The zero-order chi connectivity index (χ0) is 9.56. The fourth-order valence-electron chi connectivity index (χ4n) is 1.28. The maximum absolute atomic E-state index is 11.5. The number of Topliss-reactive ketones (excluding diaryl/α,β-unsaturated/α-hetero) is 1.